The number of rotatable bonds is 7. The summed E-state index contributed by atoms with van der Waals surface area (Å²) >= 11 is 0. The Kier molecular flexibility index (Phi) is 6.49. The second-order valence-electron chi connectivity index (χ2n) is 5.45. The summed E-state index contributed by atoms with van der Waals surface area (Å²) in [6.07, 6.45) is 1.45. The summed E-state index contributed by atoms with van der Waals surface area (Å²) in [7, 11) is 0. The van der Waals surface area contributed by atoms with Crippen molar-refractivity contribution in [3.63, 3.8) is 0 Å². The molecule has 0 atom stereocenters. The summed E-state index contributed by atoms with van der Waals surface area (Å²) in [5.74, 6) is -0.355. The minimum atomic E-state index is -0.250. The van der Waals surface area contributed by atoms with Crippen LogP contribution in [0.4, 0.5) is 0 Å². The van der Waals surface area contributed by atoms with Gasteiger partial charge in [-0.05, 0) is 34.9 Å². The molecule has 0 bridgehead atoms. The maximum atomic E-state index is 12.2. The summed E-state index contributed by atoms with van der Waals surface area (Å²) in [6, 6.07) is 16.6. The summed E-state index contributed by atoms with van der Waals surface area (Å²) < 4.78 is 0. The third-order valence-corrected chi connectivity index (χ3v) is 3.68. The molecule has 0 radical (unpaired) electrons. The van der Waals surface area contributed by atoms with Gasteiger partial charge >= 0.3 is 0 Å². The van der Waals surface area contributed by atoms with Crippen molar-refractivity contribution in [3.05, 3.63) is 83.4 Å². The monoisotopic (exact) mass is 333 g/mol. The molecule has 0 unspecified atom stereocenters. The average molecular weight is 333 g/mol. The van der Waals surface area contributed by atoms with Crippen molar-refractivity contribution >= 4 is 11.8 Å². The number of benzene rings is 2. The van der Waals surface area contributed by atoms with E-state index in [1.807, 2.05) is 36.4 Å². The van der Waals surface area contributed by atoms with Gasteiger partial charge < -0.3 is 10.6 Å². The quantitative estimate of drug-likeness (QED) is 0.762. The van der Waals surface area contributed by atoms with Crippen LogP contribution in [0.15, 0.2) is 61.2 Å². The van der Waals surface area contributed by atoms with Gasteiger partial charge in [-0.2, -0.15) is 5.26 Å². The van der Waals surface area contributed by atoms with Crippen LogP contribution < -0.4 is 10.6 Å². The van der Waals surface area contributed by atoms with Crippen molar-refractivity contribution < 1.29 is 9.59 Å². The third-order valence-electron chi connectivity index (χ3n) is 3.68. The number of nitrogens with zero attached hydrogens (tertiary/aromatic N) is 1. The summed E-state index contributed by atoms with van der Waals surface area (Å²) in [4.78, 5) is 23.5. The minimum absolute atomic E-state index is 0.105. The smallest absolute Gasteiger partial charge is 0.243 e. The molecule has 2 amide bonds. The zero-order chi connectivity index (χ0) is 18.1. The molecule has 0 saturated heterocycles. The van der Waals surface area contributed by atoms with E-state index in [4.69, 9.17) is 5.26 Å². The van der Waals surface area contributed by atoms with Crippen molar-refractivity contribution in [3.8, 4) is 6.07 Å². The summed E-state index contributed by atoms with van der Waals surface area (Å²) in [5, 5.41) is 14.4. The molecule has 0 aliphatic heterocycles. The van der Waals surface area contributed by atoms with Gasteiger partial charge in [0.15, 0.2) is 0 Å². The van der Waals surface area contributed by atoms with Gasteiger partial charge in [-0.15, -0.1) is 0 Å². The predicted octanol–water partition coefficient (Wildman–Crippen LogP) is 2.22. The lowest BCUT2D eigenvalue weighted by Gasteiger charge is -2.10. The Bertz CT molecular complexity index is 804. The van der Waals surface area contributed by atoms with E-state index in [1.165, 1.54) is 6.08 Å². The van der Waals surface area contributed by atoms with Crippen molar-refractivity contribution in [1.29, 1.82) is 5.26 Å². The van der Waals surface area contributed by atoms with E-state index in [1.54, 1.807) is 12.1 Å². The Morgan fingerprint density at radius 1 is 1.00 bits per heavy atom. The highest BCUT2D eigenvalue weighted by Crippen LogP contribution is 2.10. The molecule has 2 aromatic carbocycles. The predicted molar refractivity (Wildman–Crippen MR) is 95.2 cm³/mol. The fourth-order valence-electron chi connectivity index (χ4n) is 2.29. The highest BCUT2D eigenvalue weighted by molar-refractivity contribution is 5.86. The van der Waals surface area contributed by atoms with Crippen LogP contribution in [0.3, 0.4) is 0 Å². The third kappa shape index (κ3) is 5.63. The highest BCUT2D eigenvalue weighted by Gasteiger charge is 2.08. The van der Waals surface area contributed by atoms with Gasteiger partial charge in [-0.1, -0.05) is 43.0 Å². The van der Waals surface area contributed by atoms with Gasteiger partial charge in [0.1, 0.15) is 0 Å². The Balaban J connectivity index is 1.92. The molecule has 0 heterocycles. The normalized spacial score (nSPS) is 9.72. The van der Waals surface area contributed by atoms with Gasteiger partial charge in [-0.25, -0.2) is 0 Å². The average Bonchev–Trinajstić information content (AvgIpc) is 2.65. The number of nitriles is 1. The lowest BCUT2D eigenvalue weighted by atomic mass is 10.0. The molecular weight excluding hydrogens is 314 g/mol. The number of hydrogen-bond acceptors (Lipinski definition) is 3. The molecule has 2 aromatic rings. The van der Waals surface area contributed by atoms with Crippen LogP contribution in [0.1, 0.15) is 22.3 Å². The Hall–Kier alpha value is -3.39. The molecule has 0 saturated carbocycles. The van der Waals surface area contributed by atoms with Gasteiger partial charge in [0.2, 0.25) is 11.8 Å². The zero-order valence-corrected chi connectivity index (χ0v) is 13.8. The standard InChI is InChI=1S/C20H19N3O2/c1-2-19(24)23-14-18-6-4-3-5-17(18)11-20(25)22-13-16-9-7-15(12-21)8-10-16/h2-10H,1,11,13-14H2,(H,22,25)(H,23,24). The molecule has 0 spiro atoms. The van der Waals surface area contributed by atoms with E-state index < -0.39 is 0 Å². The minimum Gasteiger partial charge on any atom is -0.352 e. The molecule has 126 valence electrons. The Morgan fingerprint density at radius 2 is 1.68 bits per heavy atom. The molecule has 5 heteroatoms. The van der Waals surface area contributed by atoms with Crippen molar-refractivity contribution in [2.75, 3.05) is 0 Å². The number of amides is 2. The van der Waals surface area contributed by atoms with Crippen LogP contribution in [0, 0.1) is 11.3 Å². The molecule has 25 heavy (non-hydrogen) atoms. The first kappa shape index (κ1) is 18.0. The number of nitrogens with one attached hydrogen (secondary N) is 2. The maximum Gasteiger partial charge on any atom is 0.243 e. The van der Waals surface area contributed by atoms with Crippen LogP contribution in [-0.4, -0.2) is 11.8 Å². The number of hydrogen-bond donors (Lipinski definition) is 2. The maximum absolute atomic E-state index is 12.2. The lowest BCUT2D eigenvalue weighted by molar-refractivity contribution is -0.120. The fourth-order valence-corrected chi connectivity index (χ4v) is 2.29. The van der Waals surface area contributed by atoms with Crippen molar-refractivity contribution in [2.45, 2.75) is 19.5 Å². The van der Waals surface area contributed by atoms with Crippen LogP contribution >= 0.6 is 0 Å². The zero-order valence-electron chi connectivity index (χ0n) is 13.8. The second-order valence-corrected chi connectivity index (χ2v) is 5.45. The van der Waals surface area contributed by atoms with Gasteiger partial charge in [0.05, 0.1) is 18.1 Å². The molecule has 2 rings (SSSR count). The molecular formula is C20H19N3O2. The first-order valence-electron chi connectivity index (χ1n) is 7.85. The van der Waals surface area contributed by atoms with E-state index in [0.717, 1.165) is 16.7 Å². The number of carbonyl (C=O) groups is 2. The van der Waals surface area contributed by atoms with E-state index in [-0.39, 0.29) is 18.2 Å². The molecule has 0 aromatic heterocycles. The van der Waals surface area contributed by atoms with Crippen LogP contribution in [0.2, 0.25) is 0 Å². The van der Waals surface area contributed by atoms with Gasteiger partial charge in [0, 0.05) is 13.1 Å². The van der Waals surface area contributed by atoms with Crippen molar-refractivity contribution in [2.24, 2.45) is 0 Å². The number of carbonyl (C=O) groups excluding carboxylic acids is 2. The van der Waals surface area contributed by atoms with E-state index in [0.29, 0.717) is 18.7 Å². The first-order valence-corrected chi connectivity index (χ1v) is 7.85. The molecule has 0 aliphatic rings. The van der Waals surface area contributed by atoms with Crippen LogP contribution in [-0.2, 0) is 29.1 Å². The largest absolute Gasteiger partial charge is 0.352 e. The van der Waals surface area contributed by atoms with Gasteiger partial charge in [0.25, 0.3) is 0 Å². The summed E-state index contributed by atoms with van der Waals surface area (Å²) in [6.45, 7) is 4.17. The molecule has 0 fully saturated rings. The topological polar surface area (TPSA) is 82.0 Å². The molecule has 2 N–H and O–H groups in total. The van der Waals surface area contributed by atoms with E-state index in [2.05, 4.69) is 23.3 Å². The highest BCUT2D eigenvalue weighted by atomic mass is 16.2. The van der Waals surface area contributed by atoms with E-state index >= 15 is 0 Å². The second kappa shape index (κ2) is 9.04. The van der Waals surface area contributed by atoms with E-state index in [9.17, 15) is 9.59 Å². The molecule has 5 nitrogen and oxygen atoms in total. The first-order chi connectivity index (χ1) is 12.1. The SMILES string of the molecule is C=CC(=O)NCc1ccccc1CC(=O)NCc1ccc(C#N)cc1. The van der Waals surface area contributed by atoms with Crippen LogP contribution in [0.25, 0.3) is 0 Å². The fraction of sp³-hybridized carbons (Fsp3) is 0.150. The lowest BCUT2D eigenvalue weighted by Crippen LogP contribution is -2.26. The van der Waals surface area contributed by atoms with Crippen LogP contribution in [0.5, 0.6) is 0 Å². The summed E-state index contributed by atoms with van der Waals surface area (Å²) in [5.41, 5.74) is 3.28. The Morgan fingerprint density at radius 3 is 2.32 bits per heavy atom. The Labute approximate surface area is 147 Å². The van der Waals surface area contributed by atoms with Crippen molar-refractivity contribution in [1.82, 2.24) is 10.6 Å². The van der Waals surface area contributed by atoms with Gasteiger partial charge in [-0.3, -0.25) is 9.59 Å². The molecule has 0 aliphatic carbocycles.